The molecule has 0 aliphatic carbocycles. The van der Waals surface area contributed by atoms with E-state index >= 15 is 0 Å². The summed E-state index contributed by atoms with van der Waals surface area (Å²) >= 11 is 1.64. The highest BCUT2D eigenvalue weighted by atomic mass is 32.2. The number of methoxy groups -OCH3 is 1. The van der Waals surface area contributed by atoms with Crippen LogP contribution in [0.25, 0.3) is 0 Å². The standard InChI is InChI=1S/C18H26N2O4S/c1-5-24-19-17(21)15-11-25-16(10-12(2)3)20(15)18(22)13-6-8-14(23-4)9-7-13/h6-9,12,15-16H,5,10-11H2,1-4H3,(H,19,21). The van der Waals surface area contributed by atoms with Gasteiger partial charge in [0.1, 0.15) is 11.8 Å². The fourth-order valence-electron chi connectivity index (χ4n) is 2.72. The van der Waals surface area contributed by atoms with Crippen molar-refractivity contribution in [1.29, 1.82) is 0 Å². The number of carbonyl (C=O) groups excluding carboxylic acids is 2. The van der Waals surface area contributed by atoms with Crippen LogP contribution in [0.4, 0.5) is 0 Å². The monoisotopic (exact) mass is 366 g/mol. The van der Waals surface area contributed by atoms with Crippen molar-refractivity contribution in [3.05, 3.63) is 29.8 Å². The number of nitrogens with zero attached hydrogens (tertiary/aromatic N) is 1. The fraction of sp³-hybridized carbons (Fsp3) is 0.556. The second-order valence-electron chi connectivity index (χ2n) is 6.27. The van der Waals surface area contributed by atoms with Crippen LogP contribution in [0.3, 0.4) is 0 Å². The minimum absolute atomic E-state index is 0.0213. The third-order valence-electron chi connectivity index (χ3n) is 3.96. The summed E-state index contributed by atoms with van der Waals surface area (Å²) in [5, 5.41) is -0.0213. The molecule has 0 aromatic heterocycles. The Bertz CT molecular complexity index is 591. The van der Waals surface area contributed by atoms with Crippen LogP contribution < -0.4 is 10.2 Å². The first-order valence-electron chi connectivity index (χ1n) is 8.47. The minimum Gasteiger partial charge on any atom is -0.497 e. The molecule has 0 radical (unpaired) electrons. The summed E-state index contributed by atoms with van der Waals surface area (Å²) < 4.78 is 5.14. The maximum absolute atomic E-state index is 13.1. The van der Waals surface area contributed by atoms with Crippen molar-refractivity contribution < 1.29 is 19.2 Å². The predicted molar refractivity (Wildman–Crippen MR) is 98.4 cm³/mol. The lowest BCUT2D eigenvalue weighted by Gasteiger charge is -2.29. The van der Waals surface area contributed by atoms with E-state index in [1.807, 2.05) is 0 Å². The Kier molecular flexibility index (Phi) is 7.13. The Balaban J connectivity index is 2.23. The van der Waals surface area contributed by atoms with Gasteiger partial charge in [0, 0.05) is 11.3 Å². The van der Waals surface area contributed by atoms with Crippen LogP contribution in [0.5, 0.6) is 5.75 Å². The summed E-state index contributed by atoms with van der Waals surface area (Å²) in [6, 6.07) is 6.43. The molecule has 0 bridgehead atoms. The van der Waals surface area contributed by atoms with Crippen LogP contribution in [0, 0.1) is 5.92 Å². The first-order valence-corrected chi connectivity index (χ1v) is 9.52. The van der Waals surface area contributed by atoms with E-state index in [4.69, 9.17) is 9.57 Å². The van der Waals surface area contributed by atoms with Crippen molar-refractivity contribution >= 4 is 23.6 Å². The number of nitrogens with one attached hydrogen (secondary N) is 1. The quantitative estimate of drug-likeness (QED) is 0.752. The number of rotatable bonds is 7. The highest BCUT2D eigenvalue weighted by Gasteiger charge is 2.42. The van der Waals surface area contributed by atoms with Crippen molar-refractivity contribution in [2.24, 2.45) is 5.92 Å². The number of thioether (sulfide) groups is 1. The number of ether oxygens (including phenoxy) is 1. The Morgan fingerprint density at radius 1 is 1.32 bits per heavy atom. The summed E-state index contributed by atoms with van der Waals surface area (Å²) in [5.41, 5.74) is 2.98. The van der Waals surface area contributed by atoms with Gasteiger partial charge in [0.25, 0.3) is 11.8 Å². The zero-order chi connectivity index (χ0) is 18.4. The molecule has 1 saturated heterocycles. The number of benzene rings is 1. The van der Waals surface area contributed by atoms with Crippen LogP contribution in [-0.4, -0.2) is 47.6 Å². The molecule has 0 spiro atoms. The normalized spacial score (nSPS) is 20.0. The number of amides is 2. The smallest absolute Gasteiger partial charge is 0.267 e. The summed E-state index contributed by atoms with van der Waals surface area (Å²) in [6.07, 6.45) is 0.838. The van der Waals surface area contributed by atoms with E-state index in [1.54, 1.807) is 55.0 Å². The van der Waals surface area contributed by atoms with Crippen molar-refractivity contribution in [3.8, 4) is 5.75 Å². The molecule has 1 fully saturated rings. The number of hydrogen-bond donors (Lipinski definition) is 1. The minimum atomic E-state index is -0.532. The molecule has 138 valence electrons. The molecule has 1 aliphatic heterocycles. The molecule has 1 aromatic rings. The summed E-state index contributed by atoms with van der Waals surface area (Å²) in [7, 11) is 1.58. The molecule has 7 heteroatoms. The number of hydroxylamine groups is 1. The van der Waals surface area contributed by atoms with Gasteiger partial charge in [-0.2, -0.15) is 0 Å². The second-order valence-corrected chi connectivity index (χ2v) is 7.48. The predicted octanol–water partition coefficient (Wildman–Crippen LogP) is 2.69. The summed E-state index contributed by atoms with van der Waals surface area (Å²) in [6.45, 7) is 6.41. The molecule has 1 heterocycles. The van der Waals surface area contributed by atoms with Gasteiger partial charge in [-0.1, -0.05) is 13.8 Å². The Morgan fingerprint density at radius 3 is 2.56 bits per heavy atom. The molecular weight excluding hydrogens is 340 g/mol. The van der Waals surface area contributed by atoms with Crippen LogP contribution in [0.1, 0.15) is 37.6 Å². The number of carbonyl (C=O) groups is 2. The van der Waals surface area contributed by atoms with E-state index < -0.39 is 6.04 Å². The van der Waals surface area contributed by atoms with Crippen molar-refractivity contribution in [3.63, 3.8) is 0 Å². The Morgan fingerprint density at radius 2 is 2.00 bits per heavy atom. The van der Waals surface area contributed by atoms with Crippen LogP contribution in [-0.2, 0) is 9.63 Å². The summed E-state index contributed by atoms with van der Waals surface area (Å²) in [5.74, 6) is 1.27. The maximum Gasteiger partial charge on any atom is 0.267 e. The van der Waals surface area contributed by atoms with Gasteiger partial charge in [0.2, 0.25) is 0 Å². The zero-order valence-corrected chi connectivity index (χ0v) is 16.0. The highest BCUT2D eigenvalue weighted by Crippen LogP contribution is 2.34. The maximum atomic E-state index is 13.1. The molecule has 2 amide bonds. The first kappa shape index (κ1) is 19.6. The molecule has 2 atom stereocenters. The largest absolute Gasteiger partial charge is 0.497 e. The molecule has 1 aliphatic rings. The van der Waals surface area contributed by atoms with Gasteiger partial charge in [-0.25, -0.2) is 5.48 Å². The van der Waals surface area contributed by atoms with Gasteiger partial charge in [0.15, 0.2) is 0 Å². The third kappa shape index (κ3) is 4.89. The highest BCUT2D eigenvalue weighted by molar-refractivity contribution is 8.00. The third-order valence-corrected chi connectivity index (χ3v) is 5.27. The Labute approximate surface area is 153 Å². The molecule has 2 rings (SSSR count). The molecule has 6 nitrogen and oxygen atoms in total. The molecule has 1 aromatic carbocycles. The lowest BCUT2D eigenvalue weighted by Crippen LogP contribution is -2.50. The van der Waals surface area contributed by atoms with Gasteiger partial charge < -0.3 is 9.64 Å². The molecule has 2 unspecified atom stereocenters. The van der Waals surface area contributed by atoms with E-state index in [1.165, 1.54) is 0 Å². The average Bonchev–Trinajstić information content (AvgIpc) is 3.02. The van der Waals surface area contributed by atoms with Gasteiger partial charge in [-0.3, -0.25) is 14.4 Å². The molecule has 25 heavy (non-hydrogen) atoms. The van der Waals surface area contributed by atoms with Gasteiger partial charge >= 0.3 is 0 Å². The van der Waals surface area contributed by atoms with Gasteiger partial charge in [-0.15, -0.1) is 11.8 Å². The van der Waals surface area contributed by atoms with Gasteiger partial charge in [-0.05, 0) is 43.5 Å². The molecule has 1 N–H and O–H groups in total. The topological polar surface area (TPSA) is 67.9 Å². The van der Waals surface area contributed by atoms with E-state index in [9.17, 15) is 9.59 Å². The van der Waals surface area contributed by atoms with Crippen molar-refractivity contribution in [2.75, 3.05) is 19.5 Å². The Hall–Kier alpha value is -1.73. The first-order chi connectivity index (χ1) is 12.0. The van der Waals surface area contributed by atoms with Gasteiger partial charge in [0.05, 0.1) is 19.1 Å². The SMILES string of the molecule is CCONC(=O)C1CSC(CC(C)C)N1C(=O)c1ccc(OC)cc1. The van der Waals surface area contributed by atoms with Crippen molar-refractivity contribution in [2.45, 2.75) is 38.6 Å². The van der Waals surface area contributed by atoms with Crippen LogP contribution in [0.2, 0.25) is 0 Å². The average molecular weight is 366 g/mol. The van der Waals surface area contributed by atoms with Crippen LogP contribution >= 0.6 is 11.8 Å². The summed E-state index contributed by atoms with van der Waals surface area (Å²) in [4.78, 5) is 32.2. The van der Waals surface area contributed by atoms with E-state index in [0.717, 1.165) is 6.42 Å². The lowest BCUT2D eigenvalue weighted by molar-refractivity contribution is -0.137. The van der Waals surface area contributed by atoms with Crippen LogP contribution in [0.15, 0.2) is 24.3 Å². The number of hydrogen-bond acceptors (Lipinski definition) is 5. The molecular formula is C18H26N2O4S. The van der Waals surface area contributed by atoms with E-state index in [0.29, 0.717) is 29.6 Å². The zero-order valence-electron chi connectivity index (χ0n) is 15.2. The van der Waals surface area contributed by atoms with E-state index in [-0.39, 0.29) is 17.2 Å². The lowest BCUT2D eigenvalue weighted by atomic mass is 10.1. The molecule has 0 saturated carbocycles. The van der Waals surface area contributed by atoms with Crippen molar-refractivity contribution in [1.82, 2.24) is 10.4 Å². The van der Waals surface area contributed by atoms with E-state index in [2.05, 4.69) is 19.3 Å². The fourth-order valence-corrected chi connectivity index (χ4v) is 4.36. The second kappa shape index (κ2) is 9.10.